The lowest BCUT2D eigenvalue weighted by molar-refractivity contribution is -0.121. The van der Waals surface area contributed by atoms with Crippen molar-refractivity contribution in [1.82, 2.24) is 10.6 Å². The Morgan fingerprint density at radius 3 is 2.64 bits per heavy atom. The number of ether oxygens (including phenoxy) is 2. The third kappa shape index (κ3) is 5.22. The van der Waals surface area contributed by atoms with E-state index in [1.54, 1.807) is 37.8 Å². The zero-order valence-corrected chi connectivity index (χ0v) is 15.3. The van der Waals surface area contributed by atoms with Gasteiger partial charge in [0, 0.05) is 29.5 Å². The highest BCUT2D eigenvalue weighted by Gasteiger charge is 2.15. The molecule has 6 nitrogen and oxygen atoms in total. The topological polar surface area (TPSA) is 76.7 Å². The largest absolute Gasteiger partial charge is 0.497 e. The third-order valence-electron chi connectivity index (χ3n) is 3.70. The molecule has 1 unspecified atom stereocenters. The van der Waals surface area contributed by atoms with Gasteiger partial charge < -0.3 is 20.1 Å². The Morgan fingerprint density at radius 2 is 2.00 bits per heavy atom. The predicted octanol–water partition coefficient (Wildman–Crippen LogP) is 2.76. The Hall–Kier alpha value is -2.54. The van der Waals surface area contributed by atoms with Crippen LogP contribution in [-0.2, 0) is 4.79 Å². The van der Waals surface area contributed by atoms with Gasteiger partial charge in [-0.3, -0.25) is 9.59 Å². The highest BCUT2D eigenvalue weighted by atomic mass is 32.1. The summed E-state index contributed by atoms with van der Waals surface area (Å²) in [6, 6.07) is 6.94. The minimum atomic E-state index is -0.245. The minimum Gasteiger partial charge on any atom is -0.497 e. The first kappa shape index (κ1) is 18.8. The van der Waals surface area contributed by atoms with E-state index in [9.17, 15) is 9.59 Å². The number of carbonyl (C=O) groups excluding carboxylic acids is 2. The highest BCUT2D eigenvalue weighted by molar-refractivity contribution is 7.08. The van der Waals surface area contributed by atoms with Crippen LogP contribution in [0.2, 0.25) is 0 Å². The fraction of sp³-hybridized carbons (Fsp3) is 0.333. The van der Waals surface area contributed by atoms with E-state index in [-0.39, 0.29) is 30.8 Å². The van der Waals surface area contributed by atoms with E-state index in [4.69, 9.17) is 9.47 Å². The molecule has 2 rings (SSSR count). The Kier molecular flexibility index (Phi) is 6.82. The van der Waals surface area contributed by atoms with Gasteiger partial charge >= 0.3 is 0 Å². The first-order valence-corrected chi connectivity index (χ1v) is 8.81. The van der Waals surface area contributed by atoms with Crippen molar-refractivity contribution in [2.24, 2.45) is 0 Å². The maximum Gasteiger partial charge on any atom is 0.252 e. The second-order valence-electron chi connectivity index (χ2n) is 5.42. The lowest BCUT2D eigenvalue weighted by Gasteiger charge is -2.18. The summed E-state index contributed by atoms with van der Waals surface area (Å²) in [5.41, 5.74) is 1.44. The molecule has 2 aromatic rings. The molecule has 1 atom stereocenters. The predicted molar refractivity (Wildman–Crippen MR) is 97.4 cm³/mol. The van der Waals surface area contributed by atoms with Gasteiger partial charge in [-0.05, 0) is 36.6 Å². The number of rotatable bonds is 8. The van der Waals surface area contributed by atoms with Gasteiger partial charge in [0.2, 0.25) is 5.91 Å². The Bertz CT molecular complexity index is 716. The summed E-state index contributed by atoms with van der Waals surface area (Å²) in [7, 11) is 3.17. The maximum atomic E-state index is 12.1. The van der Waals surface area contributed by atoms with Crippen molar-refractivity contribution in [3.8, 4) is 11.5 Å². The molecule has 1 aromatic carbocycles. The third-order valence-corrected chi connectivity index (χ3v) is 4.39. The molecule has 0 bridgehead atoms. The van der Waals surface area contributed by atoms with Crippen LogP contribution in [0.5, 0.6) is 11.5 Å². The number of benzene rings is 1. The van der Waals surface area contributed by atoms with E-state index >= 15 is 0 Å². The van der Waals surface area contributed by atoms with E-state index in [1.807, 2.05) is 18.4 Å². The lowest BCUT2D eigenvalue weighted by Crippen LogP contribution is -2.32. The van der Waals surface area contributed by atoms with Crippen LogP contribution in [0.3, 0.4) is 0 Å². The molecular weight excluding hydrogens is 340 g/mol. The normalized spacial score (nSPS) is 11.5. The van der Waals surface area contributed by atoms with Crippen molar-refractivity contribution < 1.29 is 19.1 Å². The van der Waals surface area contributed by atoms with Gasteiger partial charge in [-0.2, -0.15) is 11.3 Å². The van der Waals surface area contributed by atoms with Crippen LogP contribution >= 0.6 is 11.3 Å². The van der Waals surface area contributed by atoms with Gasteiger partial charge in [-0.15, -0.1) is 0 Å². The molecule has 25 heavy (non-hydrogen) atoms. The quantitative estimate of drug-likeness (QED) is 0.757. The molecule has 1 aromatic heterocycles. The van der Waals surface area contributed by atoms with E-state index in [0.717, 1.165) is 5.56 Å². The molecule has 2 amide bonds. The summed E-state index contributed by atoms with van der Waals surface area (Å²) in [6.45, 7) is 2.15. The first-order valence-electron chi connectivity index (χ1n) is 7.86. The van der Waals surface area contributed by atoms with Crippen molar-refractivity contribution in [2.45, 2.75) is 19.4 Å². The van der Waals surface area contributed by atoms with Crippen LogP contribution in [0, 0.1) is 0 Å². The smallest absolute Gasteiger partial charge is 0.252 e. The van der Waals surface area contributed by atoms with E-state index in [2.05, 4.69) is 10.6 Å². The molecule has 0 fully saturated rings. The molecule has 1 heterocycles. The minimum absolute atomic E-state index is 0.150. The lowest BCUT2D eigenvalue weighted by atomic mass is 10.1. The molecule has 0 radical (unpaired) electrons. The molecule has 2 N–H and O–H groups in total. The fourth-order valence-corrected chi connectivity index (χ4v) is 2.99. The van der Waals surface area contributed by atoms with Crippen molar-refractivity contribution in [2.75, 3.05) is 20.8 Å². The van der Waals surface area contributed by atoms with Crippen LogP contribution in [0.4, 0.5) is 0 Å². The van der Waals surface area contributed by atoms with Crippen molar-refractivity contribution >= 4 is 23.2 Å². The van der Waals surface area contributed by atoms with Crippen LogP contribution in [0.15, 0.2) is 35.0 Å². The standard InChI is InChI=1S/C18H22N2O4S/c1-12(15-10-14(23-2)4-5-16(15)24-3)20-17(21)6-8-19-18(22)13-7-9-25-11-13/h4-5,7,9-12H,6,8H2,1-3H3,(H,19,22)(H,20,21). The zero-order chi connectivity index (χ0) is 18.2. The van der Waals surface area contributed by atoms with Gasteiger partial charge in [0.1, 0.15) is 11.5 Å². The first-order chi connectivity index (χ1) is 12.0. The van der Waals surface area contributed by atoms with Crippen LogP contribution < -0.4 is 20.1 Å². The molecular formula is C18H22N2O4S. The Morgan fingerprint density at radius 1 is 1.20 bits per heavy atom. The van der Waals surface area contributed by atoms with Crippen molar-refractivity contribution in [3.63, 3.8) is 0 Å². The summed E-state index contributed by atoms with van der Waals surface area (Å²) in [6.07, 6.45) is 0.201. The van der Waals surface area contributed by atoms with Gasteiger partial charge in [-0.25, -0.2) is 0 Å². The summed E-state index contributed by atoms with van der Waals surface area (Å²) >= 11 is 1.46. The average Bonchev–Trinajstić information content (AvgIpc) is 3.15. The van der Waals surface area contributed by atoms with Gasteiger partial charge in [0.25, 0.3) is 5.91 Å². The van der Waals surface area contributed by atoms with E-state index < -0.39 is 0 Å². The Labute approximate surface area is 151 Å². The summed E-state index contributed by atoms with van der Waals surface area (Å²) in [5.74, 6) is 1.05. The molecule has 0 saturated carbocycles. The number of nitrogens with one attached hydrogen (secondary N) is 2. The number of amides is 2. The monoisotopic (exact) mass is 362 g/mol. The second-order valence-corrected chi connectivity index (χ2v) is 6.20. The molecule has 0 aliphatic heterocycles. The van der Waals surface area contributed by atoms with Crippen LogP contribution in [-0.4, -0.2) is 32.6 Å². The van der Waals surface area contributed by atoms with Crippen LogP contribution in [0.25, 0.3) is 0 Å². The zero-order valence-electron chi connectivity index (χ0n) is 14.5. The number of methoxy groups -OCH3 is 2. The highest BCUT2D eigenvalue weighted by Crippen LogP contribution is 2.29. The van der Waals surface area contributed by atoms with E-state index in [1.165, 1.54) is 11.3 Å². The van der Waals surface area contributed by atoms with Gasteiger partial charge in [-0.1, -0.05) is 0 Å². The Balaban J connectivity index is 1.86. The summed E-state index contributed by atoms with van der Waals surface area (Å²) in [5, 5.41) is 9.25. The molecule has 0 spiro atoms. The van der Waals surface area contributed by atoms with Crippen LogP contribution in [0.1, 0.15) is 35.3 Å². The van der Waals surface area contributed by atoms with Crippen molar-refractivity contribution in [1.29, 1.82) is 0 Å². The van der Waals surface area contributed by atoms with Gasteiger partial charge in [0.05, 0.1) is 20.3 Å². The number of carbonyl (C=O) groups is 2. The molecule has 0 saturated heterocycles. The summed E-state index contributed by atoms with van der Waals surface area (Å²) < 4.78 is 10.6. The second kappa shape index (κ2) is 9.08. The maximum absolute atomic E-state index is 12.1. The summed E-state index contributed by atoms with van der Waals surface area (Å²) in [4.78, 5) is 23.9. The molecule has 0 aliphatic carbocycles. The van der Waals surface area contributed by atoms with Gasteiger partial charge in [0.15, 0.2) is 0 Å². The number of hydrogen-bond donors (Lipinski definition) is 2. The molecule has 0 aliphatic rings. The van der Waals surface area contributed by atoms with E-state index in [0.29, 0.717) is 17.1 Å². The number of hydrogen-bond acceptors (Lipinski definition) is 5. The molecule has 134 valence electrons. The van der Waals surface area contributed by atoms with Crippen molar-refractivity contribution in [3.05, 3.63) is 46.2 Å². The molecule has 7 heteroatoms. The fourth-order valence-electron chi connectivity index (χ4n) is 2.35. The average molecular weight is 362 g/mol. The SMILES string of the molecule is COc1ccc(OC)c(C(C)NC(=O)CCNC(=O)c2ccsc2)c1. The number of thiophene rings is 1.